The lowest BCUT2D eigenvalue weighted by Crippen LogP contribution is -2.36. The number of rotatable bonds is 2. The van der Waals surface area contributed by atoms with E-state index in [0.717, 1.165) is 11.1 Å². The Kier molecular flexibility index (Phi) is 3.31. The van der Waals surface area contributed by atoms with Crippen LogP contribution in [0.1, 0.15) is 11.1 Å². The van der Waals surface area contributed by atoms with Crippen LogP contribution in [0.2, 0.25) is 0 Å². The lowest BCUT2D eigenvalue weighted by Gasteiger charge is -2.24. The van der Waals surface area contributed by atoms with Gasteiger partial charge in [0.15, 0.2) is 6.61 Å². The highest BCUT2D eigenvalue weighted by molar-refractivity contribution is 6.04. The first-order valence-electron chi connectivity index (χ1n) is 6.60. The summed E-state index contributed by atoms with van der Waals surface area (Å²) in [4.78, 5) is 12.0. The molecule has 106 valence electrons. The zero-order valence-electron chi connectivity index (χ0n) is 11.6. The summed E-state index contributed by atoms with van der Waals surface area (Å²) in [5.74, 6) is 0.202. The van der Waals surface area contributed by atoms with Crippen LogP contribution in [0.5, 0.6) is 0 Å². The summed E-state index contributed by atoms with van der Waals surface area (Å²) in [5, 5.41) is 5.63. The highest BCUT2D eigenvalue weighted by atomic mass is 16.5. The van der Waals surface area contributed by atoms with E-state index in [1.54, 1.807) is 24.3 Å². The first-order valence-corrected chi connectivity index (χ1v) is 6.60. The highest BCUT2D eigenvalue weighted by Gasteiger charge is 2.24. The third-order valence-corrected chi connectivity index (χ3v) is 3.17. The van der Waals surface area contributed by atoms with Crippen LogP contribution in [0.4, 0.5) is 11.4 Å². The third kappa shape index (κ3) is 2.72. The maximum absolute atomic E-state index is 12.0. The molecule has 0 spiro atoms. The molecule has 0 fully saturated rings. The average molecular weight is 281 g/mol. The van der Waals surface area contributed by atoms with Gasteiger partial charge in [0, 0.05) is 11.3 Å². The van der Waals surface area contributed by atoms with E-state index >= 15 is 0 Å². The molecule has 5 heteroatoms. The van der Waals surface area contributed by atoms with Gasteiger partial charge in [-0.05, 0) is 37.3 Å². The molecule has 2 N–H and O–H groups in total. The third-order valence-electron chi connectivity index (χ3n) is 3.17. The van der Waals surface area contributed by atoms with Crippen LogP contribution in [-0.2, 0) is 9.53 Å². The van der Waals surface area contributed by atoms with Crippen LogP contribution in [0.3, 0.4) is 0 Å². The van der Waals surface area contributed by atoms with Gasteiger partial charge in [0.05, 0.1) is 5.69 Å². The number of nitrogen functional groups attached to an aromatic ring is 1. The van der Waals surface area contributed by atoms with Crippen molar-refractivity contribution in [1.29, 1.82) is 0 Å². The lowest BCUT2D eigenvalue weighted by molar-refractivity contribution is -0.121. The molecule has 0 radical (unpaired) electrons. The summed E-state index contributed by atoms with van der Waals surface area (Å²) >= 11 is 0. The van der Waals surface area contributed by atoms with Crippen LogP contribution in [0.25, 0.3) is 0 Å². The summed E-state index contributed by atoms with van der Waals surface area (Å²) in [6.07, 6.45) is 0. The van der Waals surface area contributed by atoms with Gasteiger partial charge < -0.3 is 10.5 Å². The molecular weight excluding hydrogens is 266 g/mol. The van der Waals surface area contributed by atoms with Crippen LogP contribution >= 0.6 is 0 Å². The summed E-state index contributed by atoms with van der Waals surface area (Å²) in [6.45, 7) is 1.97. The Labute approximate surface area is 122 Å². The number of aryl methyl sites for hydroxylation is 1. The average Bonchev–Trinajstić information content (AvgIpc) is 2.49. The molecular formula is C16H15N3O2. The van der Waals surface area contributed by atoms with E-state index in [9.17, 15) is 4.79 Å². The number of amides is 1. The maximum Gasteiger partial charge on any atom is 0.285 e. The smallest absolute Gasteiger partial charge is 0.285 e. The Hall–Kier alpha value is -2.82. The predicted octanol–water partition coefficient (Wildman–Crippen LogP) is 2.30. The number of carbonyl (C=O) groups excluding carboxylic acids is 1. The lowest BCUT2D eigenvalue weighted by atomic mass is 10.1. The predicted molar refractivity (Wildman–Crippen MR) is 82.0 cm³/mol. The van der Waals surface area contributed by atoms with Crippen molar-refractivity contribution in [2.45, 2.75) is 6.92 Å². The molecule has 1 aliphatic heterocycles. The Morgan fingerprint density at radius 1 is 1.19 bits per heavy atom. The van der Waals surface area contributed by atoms with E-state index in [2.05, 4.69) is 5.10 Å². The molecule has 1 aliphatic rings. The van der Waals surface area contributed by atoms with Gasteiger partial charge in [-0.1, -0.05) is 23.8 Å². The molecule has 0 aliphatic carbocycles. The standard InChI is InChI=1S/C16H15N3O2/c1-11-5-7-12(8-6-11)16-18-19(15(20)10-21-16)14-4-2-3-13(17)9-14/h2-9H,10,17H2,1H3. The number of hydrazone groups is 1. The molecule has 0 saturated carbocycles. The normalized spacial score (nSPS) is 14.6. The van der Waals surface area contributed by atoms with Gasteiger partial charge in [-0.2, -0.15) is 5.01 Å². The van der Waals surface area contributed by atoms with Crippen molar-refractivity contribution in [3.63, 3.8) is 0 Å². The van der Waals surface area contributed by atoms with E-state index in [1.807, 2.05) is 31.2 Å². The first-order chi connectivity index (χ1) is 10.1. The van der Waals surface area contributed by atoms with Gasteiger partial charge in [0.25, 0.3) is 5.91 Å². The van der Waals surface area contributed by atoms with Gasteiger partial charge in [0.2, 0.25) is 5.90 Å². The van der Waals surface area contributed by atoms with Gasteiger partial charge in [0.1, 0.15) is 0 Å². The number of nitrogens with zero attached hydrogens (tertiary/aromatic N) is 2. The van der Waals surface area contributed by atoms with Crippen molar-refractivity contribution in [3.05, 3.63) is 59.7 Å². The zero-order chi connectivity index (χ0) is 14.8. The fourth-order valence-electron chi connectivity index (χ4n) is 2.06. The molecule has 0 saturated heterocycles. The number of benzene rings is 2. The molecule has 5 nitrogen and oxygen atoms in total. The monoisotopic (exact) mass is 281 g/mol. The number of hydrogen-bond donors (Lipinski definition) is 1. The molecule has 0 bridgehead atoms. The summed E-state index contributed by atoms with van der Waals surface area (Å²) in [5.41, 5.74) is 8.96. The van der Waals surface area contributed by atoms with Gasteiger partial charge in [-0.15, -0.1) is 5.10 Å². The number of nitrogens with two attached hydrogens (primary N) is 1. The largest absolute Gasteiger partial charge is 0.466 e. The van der Waals surface area contributed by atoms with Crippen molar-refractivity contribution >= 4 is 23.2 Å². The van der Waals surface area contributed by atoms with Crippen molar-refractivity contribution in [1.82, 2.24) is 0 Å². The highest BCUT2D eigenvalue weighted by Crippen LogP contribution is 2.21. The van der Waals surface area contributed by atoms with Crippen molar-refractivity contribution in [2.24, 2.45) is 5.10 Å². The number of hydrogen-bond acceptors (Lipinski definition) is 4. The second-order valence-electron chi connectivity index (χ2n) is 4.86. The summed E-state index contributed by atoms with van der Waals surface area (Å²) in [7, 11) is 0. The number of ether oxygens (including phenoxy) is 1. The molecule has 0 atom stereocenters. The minimum absolute atomic E-state index is 0.0402. The van der Waals surface area contributed by atoms with Crippen LogP contribution in [0, 0.1) is 6.92 Å². The zero-order valence-corrected chi connectivity index (χ0v) is 11.6. The Morgan fingerprint density at radius 3 is 2.67 bits per heavy atom. The number of anilines is 2. The van der Waals surface area contributed by atoms with E-state index in [-0.39, 0.29) is 12.5 Å². The molecule has 3 rings (SSSR count). The molecule has 1 heterocycles. The van der Waals surface area contributed by atoms with Crippen LogP contribution in [0.15, 0.2) is 53.6 Å². The molecule has 2 aromatic rings. The second-order valence-corrected chi connectivity index (χ2v) is 4.86. The molecule has 21 heavy (non-hydrogen) atoms. The molecule has 0 unspecified atom stereocenters. The Morgan fingerprint density at radius 2 is 1.95 bits per heavy atom. The minimum Gasteiger partial charge on any atom is -0.466 e. The first kappa shape index (κ1) is 13.2. The summed E-state index contributed by atoms with van der Waals surface area (Å²) < 4.78 is 5.43. The topological polar surface area (TPSA) is 67.9 Å². The maximum atomic E-state index is 12.0. The van der Waals surface area contributed by atoms with E-state index in [1.165, 1.54) is 5.01 Å². The van der Waals surface area contributed by atoms with E-state index in [0.29, 0.717) is 17.3 Å². The van der Waals surface area contributed by atoms with Gasteiger partial charge in [-0.3, -0.25) is 4.79 Å². The fourth-order valence-corrected chi connectivity index (χ4v) is 2.06. The van der Waals surface area contributed by atoms with Crippen LogP contribution in [-0.4, -0.2) is 18.4 Å². The van der Waals surface area contributed by atoms with Crippen molar-refractivity contribution in [2.75, 3.05) is 17.3 Å². The summed E-state index contributed by atoms with van der Waals surface area (Å²) in [6, 6.07) is 14.8. The molecule has 1 amide bonds. The van der Waals surface area contributed by atoms with Gasteiger partial charge >= 0.3 is 0 Å². The second kappa shape index (κ2) is 5.28. The number of carbonyl (C=O) groups is 1. The van der Waals surface area contributed by atoms with E-state index < -0.39 is 0 Å². The molecule has 2 aromatic carbocycles. The Bertz CT molecular complexity index is 708. The molecule has 0 aromatic heterocycles. The van der Waals surface area contributed by atoms with Gasteiger partial charge in [-0.25, -0.2) is 0 Å². The van der Waals surface area contributed by atoms with E-state index in [4.69, 9.17) is 10.5 Å². The van der Waals surface area contributed by atoms with Crippen molar-refractivity contribution < 1.29 is 9.53 Å². The Balaban J connectivity index is 1.98. The SMILES string of the molecule is Cc1ccc(C2=NN(c3cccc(N)c3)C(=O)CO2)cc1. The minimum atomic E-state index is -0.225. The van der Waals surface area contributed by atoms with Crippen molar-refractivity contribution in [3.8, 4) is 0 Å². The quantitative estimate of drug-likeness (QED) is 0.859. The fraction of sp³-hybridized carbons (Fsp3) is 0.125. The van der Waals surface area contributed by atoms with Crippen LogP contribution < -0.4 is 10.7 Å².